The zero-order valence-electron chi connectivity index (χ0n) is 15.4. The summed E-state index contributed by atoms with van der Waals surface area (Å²) >= 11 is 0. The molecule has 142 valence electrons. The number of likely N-dealkylation sites (tertiary alicyclic amines) is 1. The molecule has 0 radical (unpaired) electrons. The molecule has 1 fully saturated rings. The lowest BCUT2D eigenvalue weighted by molar-refractivity contribution is -0.127. The molecule has 7 nitrogen and oxygen atoms in total. The topological polar surface area (TPSA) is 90.1 Å². The van der Waals surface area contributed by atoms with Crippen LogP contribution in [0.15, 0.2) is 53.7 Å². The maximum absolute atomic E-state index is 12.3. The van der Waals surface area contributed by atoms with Crippen molar-refractivity contribution in [3.05, 3.63) is 59.3 Å². The molecule has 1 amide bonds. The molecule has 0 aromatic carbocycles. The first-order chi connectivity index (χ1) is 13.2. The number of rotatable bonds is 6. The van der Waals surface area contributed by atoms with Gasteiger partial charge in [0, 0.05) is 55.9 Å². The highest BCUT2D eigenvalue weighted by Crippen LogP contribution is 2.20. The highest BCUT2D eigenvalue weighted by atomic mass is 16.2. The predicted molar refractivity (Wildman–Crippen MR) is 107 cm³/mol. The first kappa shape index (κ1) is 18.8. The van der Waals surface area contributed by atoms with Gasteiger partial charge in [0.2, 0.25) is 5.91 Å². The Kier molecular flexibility index (Phi) is 6.38. The monoisotopic (exact) mass is 367 g/mol. The Balaban J connectivity index is 1.69. The standard InChI is InChI=1S/C20H25N5O2/c1-21-8-2-5-19(26)25-11-3-4-17(14-25)24-18-12-16(13-23-20(18)27)15-6-9-22-10-7-15/h2,5-7,9-10,12-13,17,21,24H,3-4,8,11,14H2,1H3,(H,23,27). The maximum Gasteiger partial charge on any atom is 0.271 e. The van der Waals surface area contributed by atoms with Crippen molar-refractivity contribution in [3.8, 4) is 11.1 Å². The minimum absolute atomic E-state index is 0.0104. The second kappa shape index (κ2) is 9.14. The normalized spacial score (nSPS) is 17.2. The number of aromatic amines is 1. The number of aromatic nitrogens is 2. The van der Waals surface area contributed by atoms with E-state index in [1.807, 2.05) is 36.2 Å². The Hall–Kier alpha value is -2.93. The number of hydrogen-bond acceptors (Lipinski definition) is 5. The van der Waals surface area contributed by atoms with Gasteiger partial charge in [-0.3, -0.25) is 14.6 Å². The SMILES string of the molecule is CNCC=CC(=O)N1CCCC(Nc2cc(-c3ccncc3)c[nH]c2=O)C1. The van der Waals surface area contributed by atoms with Gasteiger partial charge < -0.3 is 20.5 Å². The number of nitrogens with zero attached hydrogens (tertiary/aromatic N) is 2. The molecule has 0 aliphatic carbocycles. The van der Waals surface area contributed by atoms with Crippen molar-refractivity contribution in [2.24, 2.45) is 0 Å². The molecule has 3 rings (SSSR count). The van der Waals surface area contributed by atoms with E-state index in [9.17, 15) is 9.59 Å². The minimum atomic E-state index is -0.162. The van der Waals surface area contributed by atoms with Crippen molar-refractivity contribution in [3.63, 3.8) is 0 Å². The number of amides is 1. The molecule has 1 atom stereocenters. The van der Waals surface area contributed by atoms with Gasteiger partial charge in [-0.05, 0) is 43.7 Å². The third-order valence-corrected chi connectivity index (χ3v) is 4.59. The summed E-state index contributed by atoms with van der Waals surface area (Å²) in [5.41, 5.74) is 2.26. The van der Waals surface area contributed by atoms with E-state index in [0.717, 1.165) is 30.5 Å². The summed E-state index contributed by atoms with van der Waals surface area (Å²) < 4.78 is 0. The van der Waals surface area contributed by atoms with E-state index in [1.165, 1.54) is 0 Å². The fourth-order valence-electron chi connectivity index (χ4n) is 3.20. The molecule has 1 aliphatic rings. The lowest BCUT2D eigenvalue weighted by atomic mass is 10.0. The van der Waals surface area contributed by atoms with Crippen LogP contribution in [-0.4, -0.2) is 53.5 Å². The highest BCUT2D eigenvalue weighted by Gasteiger charge is 2.23. The smallest absolute Gasteiger partial charge is 0.271 e. The average molecular weight is 367 g/mol. The van der Waals surface area contributed by atoms with Gasteiger partial charge in [0.05, 0.1) is 0 Å². The third-order valence-electron chi connectivity index (χ3n) is 4.59. The van der Waals surface area contributed by atoms with Crippen molar-refractivity contribution in [2.75, 3.05) is 32.0 Å². The molecule has 0 saturated carbocycles. The van der Waals surface area contributed by atoms with Gasteiger partial charge in [0.25, 0.3) is 5.56 Å². The van der Waals surface area contributed by atoms with E-state index in [1.54, 1.807) is 24.7 Å². The van der Waals surface area contributed by atoms with Crippen LogP contribution in [0.4, 0.5) is 5.69 Å². The molecule has 1 aliphatic heterocycles. The molecule has 7 heteroatoms. The van der Waals surface area contributed by atoms with E-state index in [0.29, 0.717) is 18.8 Å². The number of hydrogen-bond donors (Lipinski definition) is 3. The van der Waals surface area contributed by atoms with Crippen molar-refractivity contribution >= 4 is 11.6 Å². The number of piperidine rings is 1. The zero-order chi connectivity index (χ0) is 19.1. The molecular weight excluding hydrogens is 342 g/mol. The fourth-order valence-corrected chi connectivity index (χ4v) is 3.20. The van der Waals surface area contributed by atoms with E-state index in [-0.39, 0.29) is 17.5 Å². The molecule has 1 saturated heterocycles. The Morgan fingerprint density at radius 2 is 2.19 bits per heavy atom. The number of carbonyl (C=O) groups excluding carboxylic acids is 1. The van der Waals surface area contributed by atoms with Crippen LogP contribution in [-0.2, 0) is 4.79 Å². The summed E-state index contributed by atoms with van der Waals surface area (Å²) in [5.74, 6) is 0.0104. The summed E-state index contributed by atoms with van der Waals surface area (Å²) in [5, 5.41) is 6.30. The second-order valence-corrected chi connectivity index (χ2v) is 6.59. The minimum Gasteiger partial charge on any atom is -0.376 e. The van der Waals surface area contributed by atoms with Crippen molar-refractivity contribution in [2.45, 2.75) is 18.9 Å². The summed E-state index contributed by atoms with van der Waals surface area (Å²) in [6, 6.07) is 5.70. The summed E-state index contributed by atoms with van der Waals surface area (Å²) in [7, 11) is 1.84. The molecule has 2 aromatic rings. The van der Waals surface area contributed by atoms with Crippen LogP contribution in [0, 0.1) is 0 Å². The Morgan fingerprint density at radius 3 is 2.96 bits per heavy atom. The lowest BCUT2D eigenvalue weighted by Gasteiger charge is -2.33. The van der Waals surface area contributed by atoms with Gasteiger partial charge in [-0.2, -0.15) is 0 Å². The highest BCUT2D eigenvalue weighted by molar-refractivity contribution is 5.87. The van der Waals surface area contributed by atoms with Crippen LogP contribution in [0.5, 0.6) is 0 Å². The first-order valence-electron chi connectivity index (χ1n) is 9.17. The van der Waals surface area contributed by atoms with Crippen molar-refractivity contribution < 1.29 is 4.79 Å². The predicted octanol–water partition coefficient (Wildman–Crippen LogP) is 1.62. The quantitative estimate of drug-likeness (QED) is 0.675. The number of likely N-dealkylation sites (N-methyl/N-ethyl adjacent to an activating group) is 1. The summed E-state index contributed by atoms with van der Waals surface area (Å²) in [6.07, 6.45) is 10.4. The molecule has 0 spiro atoms. The van der Waals surface area contributed by atoms with Gasteiger partial charge in [-0.15, -0.1) is 0 Å². The zero-order valence-corrected chi connectivity index (χ0v) is 15.4. The molecule has 3 N–H and O–H groups in total. The molecule has 3 heterocycles. The van der Waals surface area contributed by atoms with Crippen LogP contribution >= 0.6 is 0 Å². The second-order valence-electron chi connectivity index (χ2n) is 6.59. The van der Waals surface area contributed by atoms with Gasteiger partial charge in [-0.1, -0.05) is 6.08 Å². The van der Waals surface area contributed by atoms with Crippen molar-refractivity contribution in [1.29, 1.82) is 0 Å². The third kappa shape index (κ3) is 5.04. The molecular formula is C20H25N5O2. The van der Waals surface area contributed by atoms with Crippen molar-refractivity contribution in [1.82, 2.24) is 20.2 Å². The first-order valence-corrected chi connectivity index (χ1v) is 9.17. The Bertz CT molecular complexity index is 847. The maximum atomic E-state index is 12.3. The average Bonchev–Trinajstić information content (AvgIpc) is 2.70. The number of carbonyl (C=O) groups is 1. The Morgan fingerprint density at radius 1 is 1.37 bits per heavy atom. The van der Waals surface area contributed by atoms with E-state index in [4.69, 9.17) is 0 Å². The molecule has 27 heavy (non-hydrogen) atoms. The van der Waals surface area contributed by atoms with Gasteiger partial charge >= 0.3 is 0 Å². The van der Waals surface area contributed by atoms with E-state index < -0.39 is 0 Å². The van der Waals surface area contributed by atoms with Crippen LogP contribution in [0.3, 0.4) is 0 Å². The molecule has 1 unspecified atom stereocenters. The van der Waals surface area contributed by atoms with Gasteiger partial charge in [-0.25, -0.2) is 0 Å². The summed E-state index contributed by atoms with van der Waals surface area (Å²) in [4.78, 5) is 33.2. The van der Waals surface area contributed by atoms with Crippen LogP contribution in [0.1, 0.15) is 12.8 Å². The number of pyridine rings is 2. The number of anilines is 1. The van der Waals surface area contributed by atoms with Crippen LogP contribution in [0.25, 0.3) is 11.1 Å². The fraction of sp³-hybridized carbons (Fsp3) is 0.350. The lowest BCUT2D eigenvalue weighted by Crippen LogP contribution is -2.45. The molecule has 0 bridgehead atoms. The van der Waals surface area contributed by atoms with Crippen LogP contribution < -0.4 is 16.2 Å². The summed E-state index contributed by atoms with van der Waals surface area (Å²) in [6.45, 7) is 1.99. The number of H-pyrrole nitrogens is 1. The largest absolute Gasteiger partial charge is 0.376 e. The van der Waals surface area contributed by atoms with Gasteiger partial charge in [0.15, 0.2) is 0 Å². The Labute approximate surface area is 158 Å². The van der Waals surface area contributed by atoms with E-state index >= 15 is 0 Å². The molecule has 2 aromatic heterocycles. The van der Waals surface area contributed by atoms with Gasteiger partial charge in [0.1, 0.15) is 5.69 Å². The van der Waals surface area contributed by atoms with E-state index in [2.05, 4.69) is 20.6 Å². The van der Waals surface area contributed by atoms with Crippen LogP contribution in [0.2, 0.25) is 0 Å². The number of nitrogens with one attached hydrogen (secondary N) is 3.